The molecule has 0 atom stereocenters. The molecule has 3 aromatic carbocycles. The van der Waals surface area contributed by atoms with Gasteiger partial charge in [-0.3, -0.25) is 14.9 Å². The van der Waals surface area contributed by atoms with Crippen molar-refractivity contribution in [2.45, 2.75) is 11.8 Å². The van der Waals surface area contributed by atoms with Crippen molar-refractivity contribution in [3.05, 3.63) is 71.8 Å². The number of thioether (sulfide) groups is 1. The molecule has 4 aromatic rings. The number of rotatable bonds is 8. The molecule has 34 heavy (non-hydrogen) atoms. The van der Waals surface area contributed by atoms with Gasteiger partial charge in [-0.25, -0.2) is 4.98 Å². The normalized spacial score (nSPS) is 10.7. The highest BCUT2D eigenvalue weighted by Gasteiger charge is 2.15. The summed E-state index contributed by atoms with van der Waals surface area (Å²) in [7, 11) is 3.09. The zero-order valence-corrected chi connectivity index (χ0v) is 20.5. The molecule has 0 spiro atoms. The standard InChI is InChI=1S/C25H23N3O4S2/c1-15-8-10-18-22(12-15)34-25(27-18)28-24(30)17-6-4-5-7-21(17)33-14-23(29)26-16-9-11-19(31-2)20(13-16)32-3/h4-13H,14H2,1-3H3,(H,26,29)(H,27,28,30). The molecule has 2 N–H and O–H groups in total. The molecule has 9 heteroatoms. The van der Waals surface area contributed by atoms with Crippen LogP contribution >= 0.6 is 23.1 Å². The highest BCUT2D eigenvalue weighted by molar-refractivity contribution is 8.00. The second-order valence-corrected chi connectivity index (χ2v) is 9.39. The minimum atomic E-state index is -0.265. The predicted octanol–water partition coefficient (Wildman–Crippen LogP) is 5.61. The number of thiazole rings is 1. The summed E-state index contributed by atoms with van der Waals surface area (Å²) < 4.78 is 11.5. The van der Waals surface area contributed by atoms with Crippen molar-refractivity contribution in [3.63, 3.8) is 0 Å². The van der Waals surface area contributed by atoms with E-state index in [2.05, 4.69) is 15.6 Å². The fourth-order valence-electron chi connectivity index (χ4n) is 3.28. The van der Waals surface area contributed by atoms with Crippen LogP contribution in [0.1, 0.15) is 15.9 Å². The average molecular weight is 494 g/mol. The van der Waals surface area contributed by atoms with Crippen LogP contribution in [-0.4, -0.2) is 36.8 Å². The summed E-state index contributed by atoms with van der Waals surface area (Å²) >= 11 is 2.72. The van der Waals surface area contributed by atoms with E-state index in [4.69, 9.17) is 9.47 Å². The number of aryl methyl sites for hydroxylation is 1. The van der Waals surface area contributed by atoms with Gasteiger partial charge in [0.25, 0.3) is 5.91 Å². The second kappa shape index (κ2) is 10.6. The van der Waals surface area contributed by atoms with Gasteiger partial charge in [0.2, 0.25) is 5.91 Å². The van der Waals surface area contributed by atoms with Crippen molar-refractivity contribution in [2.24, 2.45) is 0 Å². The summed E-state index contributed by atoms with van der Waals surface area (Å²) in [6.07, 6.45) is 0. The third-order valence-corrected chi connectivity index (χ3v) is 6.93. The van der Waals surface area contributed by atoms with Crippen LogP contribution in [0.15, 0.2) is 65.6 Å². The van der Waals surface area contributed by atoms with Crippen molar-refractivity contribution in [3.8, 4) is 11.5 Å². The lowest BCUT2D eigenvalue weighted by atomic mass is 10.2. The first kappa shape index (κ1) is 23.6. The molecule has 0 fully saturated rings. The molecule has 0 unspecified atom stereocenters. The van der Waals surface area contributed by atoms with E-state index in [1.54, 1.807) is 37.4 Å². The Labute approximate surface area is 205 Å². The molecule has 7 nitrogen and oxygen atoms in total. The Balaban J connectivity index is 1.41. The predicted molar refractivity (Wildman–Crippen MR) is 138 cm³/mol. The number of carbonyl (C=O) groups is 2. The van der Waals surface area contributed by atoms with Crippen LogP contribution in [0.5, 0.6) is 11.5 Å². The number of anilines is 2. The highest BCUT2D eigenvalue weighted by Crippen LogP contribution is 2.31. The summed E-state index contributed by atoms with van der Waals surface area (Å²) in [6.45, 7) is 2.02. The number of hydrogen-bond donors (Lipinski definition) is 2. The first-order valence-electron chi connectivity index (χ1n) is 10.4. The van der Waals surface area contributed by atoms with E-state index in [1.807, 2.05) is 37.3 Å². The van der Waals surface area contributed by atoms with Crippen LogP contribution < -0.4 is 20.1 Å². The molecular formula is C25H23N3O4S2. The van der Waals surface area contributed by atoms with E-state index < -0.39 is 0 Å². The van der Waals surface area contributed by atoms with E-state index in [1.165, 1.54) is 30.2 Å². The number of nitrogens with zero attached hydrogens (tertiary/aromatic N) is 1. The Morgan fingerprint density at radius 2 is 1.76 bits per heavy atom. The van der Waals surface area contributed by atoms with Gasteiger partial charge in [0.05, 0.1) is 35.8 Å². The van der Waals surface area contributed by atoms with E-state index in [9.17, 15) is 9.59 Å². The fourth-order valence-corrected chi connectivity index (χ4v) is 5.09. The van der Waals surface area contributed by atoms with Crippen molar-refractivity contribution >= 4 is 55.9 Å². The molecule has 174 valence electrons. The second-order valence-electron chi connectivity index (χ2n) is 7.35. The van der Waals surface area contributed by atoms with Crippen LogP contribution in [0.4, 0.5) is 10.8 Å². The van der Waals surface area contributed by atoms with Crippen molar-refractivity contribution in [1.82, 2.24) is 4.98 Å². The molecule has 0 aliphatic heterocycles. The number of ether oxygens (including phenoxy) is 2. The fraction of sp³-hybridized carbons (Fsp3) is 0.160. The largest absolute Gasteiger partial charge is 0.493 e. The van der Waals surface area contributed by atoms with Gasteiger partial charge in [-0.1, -0.05) is 29.5 Å². The summed E-state index contributed by atoms with van der Waals surface area (Å²) in [5, 5.41) is 6.27. The van der Waals surface area contributed by atoms with Gasteiger partial charge in [-0.2, -0.15) is 0 Å². The van der Waals surface area contributed by atoms with E-state index >= 15 is 0 Å². The Bertz CT molecular complexity index is 1350. The van der Waals surface area contributed by atoms with E-state index in [0.717, 1.165) is 15.8 Å². The van der Waals surface area contributed by atoms with Crippen LogP contribution in [0.3, 0.4) is 0 Å². The van der Waals surface area contributed by atoms with Gasteiger partial charge in [-0.15, -0.1) is 11.8 Å². The lowest BCUT2D eigenvalue weighted by Gasteiger charge is -2.11. The lowest BCUT2D eigenvalue weighted by Crippen LogP contribution is -2.16. The van der Waals surface area contributed by atoms with Crippen LogP contribution in [0, 0.1) is 6.92 Å². The lowest BCUT2D eigenvalue weighted by molar-refractivity contribution is -0.113. The maximum absolute atomic E-state index is 13.0. The molecule has 4 rings (SSSR count). The van der Waals surface area contributed by atoms with E-state index in [0.29, 0.717) is 32.8 Å². The minimum absolute atomic E-state index is 0.138. The van der Waals surface area contributed by atoms with Crippen molar-refractivity contribution in [2.75, 3.05) is 30.6 Å². The number of hydrogen-bond acceptors (Lipinski definition) is 7. The monoisotopic (exact) mass is 493 g/mol. The first-order valence-corrected chi connectivity index (χ1v) is 12.2. The SMILES string of the molecule is COc1ccc(NC(=O)CSc2ccccc2C(=O)Nc2nc3ccc(C)cc3s2)cc1OC. The third-order valence-electron chi connectivity index (χ3n) is 4.92. The van der Waals surface area contributed by atoms with Crippen molar-refractivity contribution < 1.29 is 19.1 Å². The number of methoxy groups -OCH3 is 2. The molecule has 1 aromatic heterocycles. The molecule has 1 heterocycles. The molecular weight excluding hydrogens is 470 g/mol. The quantitative estimate of drug-likeness (QED) is 0.310. The Morgan fingerprint density at radius 3 is 2.56 bits per heavy atom. The molecule has 0 saturated carbocycles. The molecule has 0 bridgehead atoms. The summed E-state index contributed by atoms with van der Waals surface area (Å²) in [4.78, 5) is 30.7. The number of carbonyl (C=O) groups excluding carboxylic acids is 2. The number of aromatic nitrogens is 1. The zero-order chi connectivity index (χ0) is 24.1. The van der Waals surface area contributed by atoms with Gasteiger partial charge < -0.3 is 14.8 Å². The zero-order valence-electron chi connectivity index (χ0n) is 18.9. The Morgan fingerprint density at radius 1 is 0.971 bits per heavy atom. The number of benzene rings is 3. The van der Waals surface area contributed by atoms with Gasteiger partial charge in [0, 0.05) is 16.6 Å². The smallest absolute Gasteiger partial charge is 0.258 e. The molecule has 0 radical (unpaired) electrons. The van der Waals surface area contributed by atoms with Gasteiger partial charge in [0.15, 0.2) is 16.6 Å². The maximum atomic E-state index is 13.0. The number of nitrogens with one attached hydrogen (secondary N) is 2. The topological polar surface area (TPSA) is 89.5 Å². The summed E-state index contributed by atoms with van der Waals surface area (Å²) in [5.41, 5.74) is 3.07. The maximum Gasteiger partial charge on any atom is 0.258 e. The Hall–Kier alpha value is -3.56. The first-order chi connectivity index (χ1) is 16.5. The summed E-state index contributed by atoms with van der Waals surface area (Å²) in [6, 6.07) is 18.3. The molecule has 0 aliphatic rings. The van der Waals surface area contributed by atoms with Gasteiger partial charge >= 0.3 is 0 Å². The van der Waals surface area contributed by atoms with Crippen LogP contribution in [0.2, 0.25) is 0 Å². The van der Waals surface area contributed by atoms with E-state index in [-0.39, 0.29) is 17.6 Å². The number of fused-ring (bicyclic) bond motifs is 1. The van der Waals surface area contributed by atoms with Gasteiger partial charge in [-0.05, 0) is 48.9 Å². The minimum Gasteiger partial charge on any atom is -0.493 e. The molecule has 2 amide bonds. The van der Waals surface area contributed by atoms with Crippen LogP contribution in [0.25, 0.3) is 10.2 Å². The highest BCUT2D eigenvalue weighted by atomic mass is 32.2. The van der Waals surface area contributed by atoms with Crippen molar-refractivity contribution in [1.29, 1.82) is 0 Å². The average Bonchev–Trinajstić information content (AvgIpc) is 3.24. The van der Waals surface area contributed by atoms with Gasteiger partial charge in [0.1, 0.15) is 0 Å². The number of amides is 2. The molecule has 0 aliphatic carbocycles. The molecule has 0 saturated heterocycles. The third kappa shape index (κ3) is 5.49. The summed E-state index contributed by atoms with van der Waals surface area (Å²) in [5.74, 6) is 0.783. The Kier molecular flexibility index (Phi) is 7.34. The van der Waals surface area contributed by atoms with Crippen LogP contribution in [-0.2, 0) is 4.79 Å².